The zero-order valence-electron chi connectivity index (χ0n) is 12.1. The van der Waals surface area contributed by atoms with Crippen LogP contribution in [-0.2, 0) is 4.79 Å². The van der Waals surface area contributed by atoms with Gasteiger partial charge in [-0.2, -0.15) is 0 Å². The van der Waals surface area contributed by atoms with E-state index in [2.05, 4.69) is 26.0 Å². The topological polar surface area (TPSA) is 29.5 Å². The van der Waals surface area contributed by atoms with Crippen molar-refractivity contribution in [3.8, 4) is 5.75 Å². The first-order chi connectivity index (χ1) is 9.11. The van der Waals surface area contributed by atoms with E-state index in [4.69, 9.17) is 4.74 Å². The molecule has 1 fully saturated rings. The minimum Gasteiger partial charge on any atom is -0.497 e. The summed E-state index contributed by atoms with van der Waals surface area (Å²) in [6, 6.07) is 8.34. The third-order valence-corrected chi connectivity index (χ3v) is 3.66. The van der Waals surface area contributed by atoms with Crippen molar-refractivity contribution in [2.24, 2.45) is 5.92 Å². The van der Waals surface area contributed by atoms with Crippen LogP contribution in [0.2, 0.25) is 0 Å². The number of benzene rings is 1. The first-order valence-corrected chi connectivity index (χ1v) is 7.05. The summed E-state index contributed by atoms with van der Waals surface area (Å²) in [5, 5.41) is 0. The van der Waals surface area contributed by atoms with Gasteiger partial charge in [-0.15, -0.1) is 0 Å². The average molecular weight is 261 g/mol. The predicted octanol–water partition coefficient (Wildman–Crippen LogP) is 3.40. The summed E-state index contributed by atoms with van der Waals surface area (Å²) < 4.78 is 5.18. The molecule has 0 spiro atoms. The van der Waals surface area contributed by atoms with Crippen LogP contribution in [0.3, 0.4) is 0 Å². The van der Waals surface area contributed by atoms with Crippen molar-refractivity contribution in [1.29, 1.82) is 0 Å². The molecule has 0 aliphatic carbocycles. The van der Waals surface area contributed by atoms with Crippen molar-refractivity contribution in [2.75, 3.05) is 13.7 Å². The molecule has 0 N–H and O–H groups in total. The lowest BCUT2D eigenvalue weighted by Crippen LogP contribution is -2.31. The number of hydrogen-bond donors (Lipinski definition) is 0. The summed E-state index contributed by atoms with van der Waals surface area (Å²) in [6.45, 7) is 5.08. The lowest BCUT2D eigenvalue weighted by molar-refractivity contribution is -0.132. The standard InChI is InChI=1S/C16H23NO2/c1-12(2)11-16(18)17-10-4-5-15(17)13-6-8-14(19-3)9-7-13/h6-9,12,15H,4-5,10-11H2,1-3H3/t15-/m1/s1. The molecular weight excluding hydrogens is 238 g/mol. The summed E-state index contributed by atoms with van der Waals surface area (Å²) in [5.41, 5.74) is 1.22. The van der Waals surface area contributed by atoms with Crippen molar-refractivity contribution < 1.29 is 9.53 Å². The largest absolute Gasteiger partial charge is 0.497 e. The Kier molecular flexibility index (Phi) is 4.46. The summed E-state index contributed by atoms with van der Waals surface area (Å²) >= 11 is 0. The third kappa shape index (κ3) is 3.28. The molecule has 0 bridgehead atoms. The zero-order valence-corrected chi connectivity index (χ0v) is 12.1. The van der Waals surface area contributed by atoms with E-state index in [9.17, 15) is 4.79 Å². The first-order valence-electron chi connectivity index (χ1n) is 7.05. The maximum atomic E-state index is 12.3. The molecule has 0 radical (unpaired) electrons. The minimum absolute atomic E-state index is 0.247. The molecule has 1 amide bonds. The van der Waals surface area contributed by atoms with E-state index in [0.29, 0.717) is 12.3 Å². The van der Waals surface area contributed by atoms with E-state index in [-0.39, 0.29) is 11.9 Å². The van der Waals surface area contributed by atoms with Gasteiger partial charge in [0.2, 0.25) is 5.91 Å². The van der Waals surface area contributed by atoms with E-state index in [1.54, 1.807) is 7.11 Å². The second-order valence-electron chi connectivity index (χ2n) is 5.62. The van der Waals surface area contributed by atoms with Crippen molar-refractivity contribution in [1.82, 2.24) is 4.90 Å². The van der Waals surface area contributed by atoms with Crippen LogP contribution in [0.1, 0.15) is 44.7 Å². The summed E-state index contributed by atoms with van der Waals surface area (Å²) in [4.78, 5) is 14.3. The molecule has 3 nitrogen and oxygen atoms in total. The quantitative estimate of drug-likeness (QED) is 0.831. The zero-order chi connectivity index (χ0) is 13.8. The fourth-order valence-electron chi connectivity index (χ4n) is 2.70. The molecule has 1 aromatic rings. The number of amides is 1. The molecule has 0 aromatic heterocycles. The van der Waals surface area contributed by atoms with Gasteiger partial charge in [-0.05, 0) is 36.5 Å². The smallest absolute Gasteiger partial charge is 0.223 e. The number of methoxy groups -OCH3 is 1. The molecule has 1 saturated heterocycles. The maximum Gasteiger partial charge on any atom is 0.223 e. The number of hydrogen-bond acceptors (Lipinski definition) is 2. The number of rotatable bonds is 4. The number of likely N-dealkylation sites (tertiary alicyclic amines) is 1. The number of nitrogens with zero attached hydrogens (tertiary/aromatic N) is 1. The molecule has 1 heterocycles. The van der Waals surface area contributed by atoms with Gasteiger partial charge < -0.3 is 9.64 Å². The Morgan fingerprint density at radius 2 is 2.05 bits per heavy atom. The van der Waals surface area contributed by atoms with Crippen LogP contribution in [0.25, 0.3) is 0 Å². The maximum absolute atomic E-state index is 12.3. The lowest BCUT2D eigenvalue weighted by atomic mass is 10.0. The summed E-state index contributed by atoms with van der Waals surface area (Å²) in [6.07, 6.45) is 2.81. The van der Waals surface area contributed by atoms with Crippen molar-refractivity contribution >= 4 is 5.91 Å². The fraction of sp³-hybridized carbons (Fsp3) is 0.562. The van der Waals surface area contributed by atoms with Gasteiger partial charge in [-0.3, -0.25) is 4.79 Å². The van der Waals surface area contributed by atoms with Crippen LogP contribution in [0.4, 0.5) is 0 Å². The Hall–Kier alpha value is -1.51. The van der Waals surface area contributed by atoms with Crippen LogP contribution < -0.4 is 4.74 Å². The molecule has 0 saturated carbocycles. The normalized spacial score (nSPS) is 18.9. The van der Waals surface area contributed by atoms with Gasteiger partial charge in [0.1, 0.15) is 5.75 Å². The molecule has 19 heavy (non-hydrogen) atoms. The molecule has 2 rings (SSSR count). The number of carbonyl (C=O) groups is 1. The Labute approximate surface area is 115 Å². The SMILES string of the molecule is COc1ccc([C@H]2CCCN2C(=O)CC(C)C)cc1. The Balaban J connectivity index is 2.11. The Morgan fingerprint density at radius 3 is 2.63 bits per heavy atom. The van der Waals surface area contributed by atoms with Crippen LogP contribution in [0.15, 0.2) is 24.3 Å². The van der Waals surface area contributed by atoms with Gasteiger partial charge in [0.05, 0.1) is 13.2 Å². The van der Waals surface area contributed by atoms with Crippen LogP contribution in [-0.4, -0.2) is 24.5 Å². The monoisotopic (exact) mass is 261 g/mol. The summed E-state index contributed by atoms with van der Waals surface area (Å²) in [5.74, 6) is 1.57. The second kappa shape index (κ2) is 6.09. The van der Waals surface area contributed by atoms with E-state index in [1.165, 1.54) is 5.56 Å². The average Bonchev–Trinajstić information content (AvgIpc) is 2.87. The first kappa shape index (κ1) is 13.9. The highest BCUT2D eigenvalue weighted by molar-refractivity contribution is 5.77. The van der Waals surface area contributed by atoms with Crippen LogP contribution in [0, 0.1) is 5.92 Å². The predicted molar refractivity (Wildman–Crippen MR) is 76.1 cm³/mol. The fourth-order valence-corrected chi connectivity index (χ4v) is 2.70. The lowest BCUT2D eigenvalue weighted by Gasteiger charge is -2.26. The van der Waals surface area contributed by atoms with Crippen LogP contribution in [0.5, 0.6) is 5.75 Å². The molecule has 1 aliphatic rings. The van der Waals surface area contributed by atoms with Gasteiger partial charge in [0, 0.05) is 13.0 Å². The van der Waals surface area contributed by atoms with Gasteiger partial charge in [-0.1, -0.05) is 26.0 Å². The van der Waals surface area contributed by atoms with E-state index < -0.39 is 0 Å². The van der Waals surface area contributed by atoms with E-state index >= 15 is 0 Å². The highest BCUT2D eigenvalue weighted by Crippen LogP contribution is 2.33. The summed E-state index contributed by atoms with van der Waals surface area (Å²) in [7, 11) is 1.67. The van der Waals surface area contributed by atoms with Crippen molar-refractivity contribution in [3.05, 3.63) is 29.8 Å². The number of carbonyl (C=O) groups excluding carboxylic acids is 1. The minimum atomic E-state index is 0.247. The molecule has 0 unspecified atom stereocenters. The second-order valence-corrected chi connectivity index (χ2v) is 5.62. The molecular formula is C16H23NO2. The van der Waals surface area contributed by atoms with Gasteiger partial charge >= 0.3 is 0 Å². The molecule has 3 heteroatoms. The van der Waals surface area contributed by atoms with E-state index in [0.717, 1.165) is 25.1 Å². The Morgan fingerprint density at radius 1 is 1.37 bits per heavy atom. The molecule has 104 valence electrons. The van der Waals surface area contributed by atoms with Gasteiger partial charge in [0.25, 0.3) is 0 Å². The van der Waals surface area contributed by atoms with Crippen LogP contribution >= 0.6 is 0 Å². The number of ether oxygens (including phenoxy) is 1. The Bertz CT molecular complexity index is 425. The van der Waals surface area contributed by atoms with Gasteiger partial charge in [-0.25, -0.2) is 0 Å². The highest BCUT2D eigenvalue weighted by atomic mass is 16.5. The van der Waals surface area contributed by atoms with Crippen molar-refractivity contribution in [2.45, 2.75) is 39.2 Å². The van der Waals surface area contributed by atoms with Crippen molar-refractivity contribution in [3.63, 3.8) is 0 Å². The molecule has 1 aromatic carbocycles. The molecule has 1 atom stereocenters. The molecule has 1 aliphatic heterocycles. The highest BCUT2D eigenvalue weighted by Gasteiger charge is 2.29. The van der Waals surface area contributed by atoms with Gasteiger partial charge in [0.15, 0.2) is 0 Å². The van der Waals surface area contributed by atoms with E-state index in [1.807, 2.05) is 17.0 Å². The third-order valence-electron chi connectivity index (χ3n) is 3.66.